The Morgan fingerprint density at radius 3 is 2.76 bits per heavy atom. The summed E-state index contributed by atoms with van der Waals surface area (Å²) in [5.74, 6) is 1.11. The van der Waals surface area contributed by atoms with Crippen LogP contribution in [0.4, 0.5) is 0 Å². The van der Waals surface area contributed by atoms with Crippen LogP contribution in [0.25, 0.3) is 0 Å². The van der Waals surface area contributed by atoms with Crippen molar-refractivity contribution >= 4 is 23.5 Å². The number of nitrogens with zero attached hydrogens (tertiary/aromatic N) is 4. The zero-order valence-electron chi connectivity index (χ0n) is 17.5. The van der Waals surface area contributed by atoms with Crippen LogP contribution in [0, 0.1) is 0 Å². The van der Waals surface area contributed by atoms with Gasteiger partial charge in [0.2, 0.25) is 5.91 Å². The van der Waals surface area contributed by atoms with Gasteiger partial charge in [0.15, 0.2) is 5.96 Å². The fraction of sp³-hybridized carbons (Fsp3) is 0.455. The topological polar surface area (TPSA) is 52.9 Å². The van der Waals surface area contributed by atoms with Gasteiger partial charge in [0.25, 0.3) is 0 Å². The second kappa shape index (κ2) is 9.83. The summed E-state index contributed by atoms with van der Waals surface area (Å²) in [5, 5.41) is 4.10. The molecule has 0 atom stereocenters. The van der Waals surface area contributed by atoms with Crippen molar-refractivity contribution in [2.75, 3.05) is 20.1 Å². The van der Waals surface area contributed by atoms with Crippen LogP contribution in [0.15, 0.2) is 41.5 Å². The van der Waals surface area contributed by atoms with E-state index in [4.69, 9.17) is 16.6 Å². The summed E-state index contributed by atoms with van der Waals surface area (Å²) in [7, 11) is 4.02. The van der Waals surface area contributed by atoms with Gasteiger partial charge in [-0.25, -0.2) is 4.99 Å². The van der Waals surface area contributed by atoms with Gasteiger partial charge >= 0.3 is 0 Å². The van der Waals surface area contributed by atoms with Crippen LogP contribution < -0.4 is 5.32 Å². The second-order valence-corrected chi connectivity index (χ2v) is 7.96. The van der Waals surface area contributed by atoms with Crippen molar-refractivity contribution in [2.45, 2.75) is 39.4 Å². The molecular formula is C22H30ClN5O. The predicted molar refractivity (Wildman–Crippen MR) is 118 cm³/mol. The summed E-state index contributed by atoms with van der Waals surface area (Å²) < 4.78 is 2.03. The molecule has 2 heterocycles. The number of carbonyl (C=O) groups is 1. The summed E-state index contributed by atoms with van der Waals surface area (Å²) in [6.07, 6.45) is 3.55. The number of aromatic nitrogens is 1. The van der Waals surface area contributed by atoms with Crippen LogP contribution in [0.5, 0.6) is 0 Å². The summed E-state index contributed by atoms with van der Waals surface area (Å²) in [4.78, 5) is 20.7. The molecule has 29 heavy (non-hydrogen) atoms. The summed E-state index contributed by atoms with van der Waals surface area (Å²) >= 11 is 6.11. The SMILES string of the molecule is CCNC(=NCc1cccc(CN2CCCC2=O)c1)N(C)Cc1cc(Cl)cn1C. The molecule has 1 aromatic heterocycles. The van der Waals surface area contributed by atoms with Crippen LogP contribution in [0.3, 0.4) is 0 Å². The molecule has 0 radical (unpaired) electrons. The van der Waals surface area contributed by atoms with E-state index in [0.29, 0.717) is 26.1 Å². The number of likely N-dealkylation sites (tertiary alicyclic amines) is 1. The van der Waals surface area contributed by atoms with E-state index >= 15 is 0 Å². The van der Waals surface area contributed by atoms with Crippen molar-refractivity contribution in [3.8, 4) is 0 Å². The van der Waals surface area contributed by atoms with E-state index in [-0.39, 0.29) is 5.91 Å². The molecule has 6 nitrogen and oxygen atoms in total. The van der Waals surface area contributed by atoms with E-state index in [1.54, 1.807) is 0 Å². The molecule has 1 N–H and O–H groups in total. The molecule has 1 aliphatic heterocycles. The van der Waals surface area contributed by atoms with Crippen molar-refractivity contribution in [2.24, 2.45) is 12.0 Å². The van der Waals surface area contributed by atoms with Gasteiger partial charge in [0, 0.05) is 52.0 Å². The zero-order valence-corrected chi connectivity index (χ0v) is 18.2. The Balaban J connectivity index is 1.67. The highest BCUT2D eigenvalue weighted by atomic mass is 35.5. The third-order valence-electron chi connectivity index (χ3n) is 5.12. The molecule has 1 saturated heterocycles. The third kappa shape index (κ3) is 5.76. The first-order chi connectivity index (χ1) is 14.0. The maximum atomic E-state index is 11.9. The Hall–Kier alpha value is -2.47. The molecule has 7 heteroatoms. The van der Waals surface area contributed by atoms with Crippen LogP contribution >= 0.6 is 11.6 Å². The number of amides is 1. The van der Waals surface area contributed by atoms with Crippen molar-refractivity contribution < 1.29 is 4.79 Å². The average molecular weight is 416 g/mol. The Morgan fingerprint density at radius 2 is 2.10 bits per heavy atom. The molecule has 1 fully saturated rings. The Morgan fingerprint density at radius 1 is 1.31 bits per heavy atom. The van der Waals surface area contributed by atoms with Crippen LogP contribution in [-0.2, 0) is 31.5 Å². The molecule has 0 bridgehead atoms. The molecule has 1 amide bonds. The first-order valence-electron chi connectivity index (χ1n) is 10.1. The molecule has 156 valence electrons. The predicted octanol–water partition coefficient (Wildman–Crippen LogP) is 3.40. The highest BCUT2D eigenvalue weighted by molar-refractivity contribution is 6.30. The van der Waals surface area contributed by atoms with E-state index in [2.05, 4.69) is 35.3 Å². The van der Waals surface area contributed by atoms with Crippen molar-refractivity contribution in [1.29, 1.82) is 0 Å². The van der Waals surface area contributed by atoms with Crippen LogP contribution in [0.2, 0.25) is 5.02 Å². The van der Waals surface area contributed by atoms with Crippen molar-refractivity contribution in [3.63, 3.8) is 0 Å². The third-order valence-corrected chi connectivity index (χ3v) is 5.32. The van der Waals surface area contributed by atoms with Gasteiger partial charge in [-0.1, -0.05) is 35.9 Å². The first-order valence-corrected chi connectivity index (χ1v) is 10.5. The lowest BCUT2D eigenvalue weighted by Gasteiger charge is -2.22. The number of guanidine groups is 1. The van der Waals surface area contributed by atoms with Crippen LogP contribution in [-0.4, -0.2) is 46.4 Å². The van der Waals surface area contributed by atoms with Gasteiger partial charge in [0.1, 0.15) is 0 Å². The molecule has 0 unspecified atom stereocenters. The highest BCUT2D eigenvalue weighted by Crippen LogP contribution is 2.16. The Labute approximate surface area is 178 Å². The minimum atomic E-state index is 0.255. The van der Waals surface area contributed by atoms with E-state index in [9.17, 15) is 4.79 Å². The molecule has 3 rings (SSSR count). The van der Waals surface area contributed by atoms with Gasteiger partial charge in [-0.05, 0) is 30.5 Å². The highest BCUT2D eigenvalue weighted by Gasteiger charge is 2.20. The molecule has 0 saturated carbocycles. The second-order valence-electron chi connectivity index (χ2n) is 7.53. The molecule has 2 aromatic rings. The molecule has 1 aliphatic rings. The zero-order chi connectivity index (χ0) is 20.8. The quantitative estimate of drug-likeness (QED) is 0.557. The number of carbonyl (C=O) groups excluding carboxylic acids is 1. The standard InChI is InChI=1S/C22H30ClN5O/c1-4-24-22(27(3)16-20-12-19(23)15-26(20)2)25-13-17-7-5-8-18(11-17)14-28-10-6-9-21(28)29/h5,7-8,11-12,15H,4,6,9-10,13-14,16H2,1-3H3,(H,24,25). The fourth-order valence-corrected chi connectivity index (χ4v) is 3.87. The van der Waals surface area contributed by atoms with E-state index in [0.717, 1.165) is 47.3 Å². The fourth-order valence-electron chi connectivity index (χ4n) is 3.60. The number of halogens is 1. The summed E-state index contributed by atoms with van der Waals surface area (Å²) in [5.41, 5.74) is 3.42. The molecule has 0 aliphatic carbocycles. The smallest absolute Gasteiger partial charge is 0.222 e. The maximum Gasteiger partial charge on any atom is 0.222 e. The number of aliphatic imine (C=N–C) groups is 1. The summed E-state index contributed by atoms with van der Waals surface area (Å²) in [6.45, 7) is 5.71. The Bertz CT molecular complexity index is 876. The van der Waals surface area contributed by atoms with E-state index in [1.807, 2.05) is 41.9 Å². The van der Waals surface area contributed by atoms with Gasteiger partial charge < -0.3 is 19.7 Å². The van der Waals surface area contributed by atoms with E-state index < -0.39 is 0 Å². The number of hydrogen-bond donors (Lipinski definition) is 1. The van der Waals surface area contributed by atoms with Gasteiger partial charge in [-0.2, -0.15) is 0 Å². The molecular weight excluding hydrogens is 386 g/mol. The number of nitrogens with one attached hydrogen (secondary N) is 1. The van der Waals surface area contributed by atoms with Crippen LogP contribution in [0.1, 0.15) is 36.6 Å². The van der Waals surface area contributed by atoms with Gasteiger partial charge in [0.05, 0.1) is 18.1 Å². The maximum absolute atomic E-state index is 11.9. The van der Waals surface area contributed by atoms with Crippen molar-refractivity contribution in [3.05, 3.63) is 58.4 Å². The number of rotatable bonds is 7. The number of benzene rings is 1. The lowest BCUT2D eigenvalue weighted by atomic mass is 10.1. The largest absolute Gasteiger partial charge is 0.357 e. The van der Waals surface area contributed by atoms with E-state index in [1.165, 1.54) is 0 Å². The monoisotopic (exact) mass is 415 g/mol. The minimum absolute atomic E-state index is 0.255. The Kier molecular flexibility index (Phi) is 7.20. The summed E-state index contributed by atoms with van der Waals surface area (Å²) in [6, 6.07) is 10.3. The normalized spacial score (nSPS) is 14.6. The lowest BCUT2D eigenvalue weighted by molar-refractivity contribution is -0.128. The average Bonchev–Trinajstić information content (AvgIpc) is 3.23. The number of hydrogen-bond acceptors (Lipinski definition) is 2. The van der Waals surface area contributed by atoms with Crippen molar-refractivity contribution in [1.82, 2.24) is 19.7 Å². The van der Waals surface area contributed by atoms with Gasteiger partial charge in [-0.3, -0.25) is 4.79 Å². The van der Waals surface area contributed by atoms with Gasteiger partial charge in [-0.15, -0.1) is 0 Å². The minimum Gasteiger partial charge on any atom is -0.357 e. The first kappa shape index (κ1) is 21.2. The number of aryl methyl sites for hydroxylation is 1. The lowest BCUT2D eigenvalue weighted by Crippen LogP contribution is -2.38. The molecule has 1 aromatic carbocycles. The molecule has 0 spiro atoms.